The van der Waals surface area contributed by atoms with E-state index >= 15 is 0 Å². The van der Waals surface area contributed by atoms with Crippen LogP contribution >= 0.6 is 0 Å². The van der Waals surface area contributed by atoms with Crippen molar-refractivity contribution in [3.63, 3.8) is 0 Å². The molecule has 3 N–H and O–H groups in total. The van der Waals surface area contributed by atoms with Gasteiger partial charge in [0.25, 0.3) is 5.91 Å². The average Bonchev–Trinajstić information content (AvgIpc) is 3.31. The van der Waals surface area contributed by atoms with Crippen LogP contribution in [0.3, 0.4) is 0 Å². The number of carbonyl (C=O) groups is 1. The highest BCUT2D eigenvalue weighted by molar-refractivity contribution is 6.05. The van der Waals surface area contributed by atoms with Crippen molar-refractivity contribution >= 4 is 22.5 Å². The molecule has 0 saturated heterocycles. The first-order valence-corrected chi connectivity index (χ1v) is 17.4. The highest BCUT2D eigenvalue weighted by Gasteiger charge is 2.16. The number of amides is 1. The van der Waals surface area contributed by atoms with Gasteiger partial charge in [0.2, 0.25) is 0 Å². The zero-order chi connectivity index (χ0) is 34.2. The molecule has 48 heavy (non-hydrogen) atoms. The minimum Gasteiger partial charge on any atom is -0.507 e. The quantitative estimate of drug-likeness (QED) is 0.106. The van der Waals surface area contributed by atoms with E-state index in [4.69, 9.17) is 0 Å². The molecular weight excluding hydrogens is 596 g/mol. The van der Waals surface area contributed by atoms with Gasteiger partial charge in [-0.15, -0.1) is 0 Å². The van der Waals surface area contributed by atoms with E-state index in [1.165, 1.54) is 72.2 Å². The number of hydrogen-bond donors (Lipinski definition) is 3. The number of pyridine rings is 1. The number of benzene rings is 3. The van der Waals surface area contributed by atoms with E-state index in [9.17, 15) is 15.0 Å². The van der Waals surface area contributed by atoms with Crippen LogP contribution in [0.4, 0.5) is 5.69 Å². The maximum Gasteiger partial charge on any atom is 0.255 e. The summed E-state index contributed by atoms with van der Waals surface area (Å²) in [6.07, 6.45) is 8.73. The van der Waals surface area contributed by atoms with Gasteiger partial charge in [0.15, 0.2) is 0 Å². The Bertz CT molecular complexity index is 1820. The Morgan fingerprint density at radius 2 is 1.65 bits per heavy atom. The standard InChI is InChI=1S/C41H50N4O3/c1-6-19-44(22-16-28(3)7-2)20-9-21-45-30(5)29(4)36-25-32(12-13-37(36)45)23-31-10-8-11-34(24-31)41(48)43-35-26-38(46)40(39(47)27-35)33-14-17-42-18-15-33/h8,10-15,17-18,24-28,46-47H,6-7,9,16,19-23H2,1-5H3,(H,43,48). The first kappa shape index (κ1) is 34.7. The van der Waals surface area contributed by atoms with Crippen molar-refractivity contribution < 1.29 is 15.0 Å². The second-order valence-corrected chi connectivity index (χ2v) is 13.2. The monoisotopic (exact) mass is 646 g/mol. The van der Waals surface area contributed by atoms with Gasteiger partial charge in [0.1, 0.15) is 11.5 Å². The molecular formula is C41H50N4O3. The molecule has 0 spiro atoms. The number of anilines is 1. The number of hydrogen-bond acceptors (Lipinski definition) is 5. The molecule has 0 radical (unpaired) electrons. The van der Waals surface area contributed by atoms with E-state index in [0.717, 1.165) is 31.0 Å². The number of aromatic nitrogens is 2. The van der Waals surface area contributed by atoms with Crippen LogP contribution in [0.1, 0.15) is 79.2 Å². The fourth-order valence-corrected chi connectivity index (χ4v) is 6.57. The topological polar surface area (TPSA) is 90.6 Å². The van der Waals surface area contributed by atoms with Crippen molar-refractivity contribution in [3.05, 3.63) is 107 Å². The maximum atomic E-state index is 13.2. The third-order valence-electron chi connectivity index (χ3n) is 9.66. The SMILES string of the molecule is CCCN(CCCn1c(C)c(C)c2cc(Cc3cccc(C(=O)Nc4cc(O)c(-c5ccncc5)c(O)c4)c3)ccc21)CCC(C)CC. The van der Waals surface area contributed by atoms with Crippen LogP contribution in [0.25, 0.3) is 22.0 Å². The Morgan fingerprint density at radius 1 is 0.917 bits per heavy atom. The molecule has 0 aliphatic heterocycles. The number of rotatable bonds is 15. The molecule has 3 aromatic carbocycles. The summed E-state index contributed by atoms with van der Waals surface area (Å²) in [5, 5.41) is 25.4. The summed E-state index contributed by atoms with van der Waals surface area (Å²) in [5.41, 5.74) is 7.90. The minimum atomic E-state index is -0.316. The lowest BCUT2D eigenvalue weighted by atomic mass is 10.0. The van der Waals surface area contributed by atoms with Gasteiger partial charge >= 0.3 is 0 Å². The van der Waals surface area contributed by atoms with Crippen molar-refractivity contribution in [2.24, 2.45) is 5.92 Å². The zero-order valence-corrected chi connectivity index (χ0v) is 29.1. The molecule has 2 heterocycles. The Hall–Kier alpha value is -4.62. The number of aromatic hydroxyl groups is 2. The van der Waals surface area contributed by atoms with Gasteiger partial charge in [-0.25, -0.2) is 0 Å². The number of nitrogens with zero attached hydrogens (tertiary/aromatic N) is 3. The second kappa shape index (κ2) is 16.0. The molecule has 0 fully saturated rings. The van der Waals surface area contributed by atoms with Crippen molar-refractivity contribution in [3.8, 4) is 22.6 Å². The second-order valence-electron chi connectivity index (χ2n) is 13.2. The number of fused-ring (bicyclic) bond motifs is 1. The molecule has 5 aromatic rings. The number of aryl methyl sites for hydroxylation is 2. The fourth-order valence-electron chi connectivity index (χ4n) is 6.57. The number of phenols is 2. The van der Waals surface area contributed by atoms with Crippen molar-refractivity contribution in [2.45, 2.75) is 73.3 Å². The molecule has 0 aliphatic carbocycles. The molecule has 0 saturated carbocycles. The molecule has 7 heteroatoms. The first-order chi connectivity index (χ1) is 23.2. The van der Waals surface area contributed by atoms with E-state index in [0.29, 0.717) is 28.8 Å². The van der Waals surface area contributed by atoms with Crippen LogP contribution in [0.2, 0.25) is 0 Å². The molecule has 252 valence electrons. The highest BCUT2D eigenvalue weighted by Crippen LogP contribution is 2.39. The Morgan fingerprint density at radius 3 is 2.35 bits per heavy atom. The summed E-state index contributed by atoms with van der Waals surface area (Å²) >= 11 is 0. The summed E-state index contributed by atoms with van der Waals surface area (Å²) in [5.74, 6) is 0.207. The van der Waals surface area contributed by atoms with E-state index < -0.39 is 0 Å². The van der Waals surface area contributed by atoms with E-state index in [1.807, 2.05) is 18.2 Å². The molecule has 1 atom stereocenters. The van der Waals surface area contributed by atoms with Gasteiger partial charge in [-0.2, -0.15) is 0 Å². The normalized spacial score (nSPS) is 12.1. The predicted octanol–water partition coefficient (Wildman–Crippen LogP) is 9.11. The number of phenolic OH excluding ortho intramolecular Hbond substituents is 2. The first-order valence-electron chi connectivity index (χ1n) is 17.4. The van der Waals surface area contributed by atoms with Crippen LogP contribution in [0.15, 0.2) is 79.1 Å². The van der Waals surface area contributed by atoms with Crippen LogP contribution in [-0.4, -0.2) is 50.2 Å². The lowest BCUT2D eigenvalue weighted by molar-refractivity contribution is 0.102. The van der Waals surface area contributed by atoms with Gasteiger partial charge in [-0.1, -0.05) is 45.4 Å². The predicted molar refractivity (Wildman–Crippen MR) is 197 cm³/mol. The van der Waals surface area contributed by atoms with Gasteiger partial charge in [0, 0.05) is 58.9 Å². The number of nitrogens with one attached hydrogen (secondary N) is 1. The van der Waals surface area contributed by atoms with Gasteiger partial charge in [0.05, 0.1) is 5.56 Å². The average molecular weight is 647 g/mol. The smallest absolute Gasteiger partial charge is 0.255 e. The molecule has 0 bridgehead atoms. The van der Waals surface area contributed by atoms with E-state index in [1.54, 1.807) is 30.6 Å². The molecule has 1 unspecified atom stereocenters. The maximum absolute atomic E-state index is 13.2. The highest BCUT2D eigenvalue weighted by atomic mass is 16.3. The van der Waals surface area contributed by atoms with E-state index in [2.05, 4.69) is 72.6 Å². The summed E-state index contributed by atoms with van der Waals surface area (Å²) in [6.45, 7) is 15.9. The molecule has 0 aliphatic rings. The summed E-state index contributed by atoms with van der Waals surface area (Å²) < 4.78 is 2.48. The summed E-state index contributed by atoms with van der Waals surface area (Å²) in [6, 6.07) is 20.6. The Labute approximate surface area is 285 Å². The van der Waals surface area contributed by atoms with Gasteiger partial charge < -0.3 is 25.0 Å². The third kappa shape index (κ3) is 8.26. The van der Waals surface area contributed by atoms with E-state index in [-0.39, 0.29) is 17.4 Å². The van der Waals surface area contributed by atoms with Crippen LogP contribution in [0, 0.1) is 19.8 Å². The molecule has 2 aromatic heterocycles. The van der Waals surface area contributed by atoms with Crippen LogP contribution in [-0.2, 0) is 13.0 Å². The molecule has 5 rings (SSSR count). The van der Waals surface area contributed by atoms with Crippen molar-refractivity contribution in [1.29, 1.82) is 0 Å². The number of carbonyl (C=O) groups excluding carboxylic acids is 1. The van der Waals surface area contributed by atoms with Crippen molar-refractivity contribution in [2.75, 3.05) is 25.0 Å². The summed E-state index contributed by atoms with van der Waals surface area (Å²) in [7, 11) is 0. The lowest BCUT2D eigenvalue weighted by Gasteiger charge is -2.23. The lowest BCUT2D eigenvalue weighted by Crippen LogP contribution is -2.28. The summed E-state index contributed by atoms with van der Waals surface area (Å²) in [4.78, 5) is 19.8. The van der Waals surface area contributed by atoms with Gasteiger partial charge in [-0.3, -0.25) is 9.78 Å². The minimum absolute atomic E-state index is 0.129. The largest absolute Gasteiger partial charge is 0.507 e. The third-order valence-corrected chi connectivity index (χ3v) is 9.66. The fraction of sp³-hybridized carbons (Fsp3) is 0.366. The van der Waals surface area contributed by atoms with Gasteiger partial charge in [-0.05, 0) is 124 Å². The van der Waals surface area contributed by atoms with Crippen LogP contribution < -0.4 is 5.32 Å². The Kier molecular flexibility index (Phi) is 11.6. The Balaban J connectivity index is 1.25. The molecule has 7 nitrogen and oxygen atoms in total. The van der Waals surface area contributed by atoms with Crippen molar-refractivity contribution in [1.82, 2.24) is 14.5 Å². The zero-order valence-electron chi connectivity index (χ0n) is 29.1. The van der Waals surface area contributed by atoms with Crippen LogP contribution in [0.5, 0.6) is 11.5 Å². The molecule has 1 amide bonds.